The Morgan fingerprint density at radius 1 is 1.19 bits per heavy atom. The maximum Gasteiger partial charge on any atom is 0.223 e. The van der Waals surface area contributed by atoms with Gasteiger partial charge in [-0.05, 0) is 68.9 Å². The molecule has 2 fully saturated rings. The zero-order valence-corrected chi connectivity index (χ0v) is 16.7. The molecule has 1 spiro atoms. The highest BCUT2D eigenvalue weighted by atomic mass is 16.2. The Morgan fingerprint density at radius 2 is 1.81 bits per heavy atom. The Labute approximate surface area is 162 Å². The molecule has 1 amide bonds. The number of hydrogen-bond acceptors (Lipinski definition) is 4. The van der Waals surface area contributed by atoms with Crippen molar-refractivity contribution in [3.8, 4) is 0 Å². The summed E-state index contributed by atoms with van der Waals surface area (Å²) < 4.78 is 0. The molecule has 1 N–H and O–H groups in total. The number of ketones is 1. The lowest BCUT2D eigenvalue weighted by molar-refractivity contribution is -0.127. The number of amides is 1. The van der Waals surface area contributed by atoms with Gasteiger partial charge in [0.05, 0.1) is 0 Å². The van der Waals surface area contributed by atoms with Crippen molar-refractivity contribution in [1.82, 2.24) is 10.3 Å². The molecule has 2 heterocycles. The Balaban J connectivity index is 1.42. The van der Waals surface area contributed by atoms with Gasteiger partial charge in [-0.2, -0.15) is 0 Å². The molecule has 1 aromatic rings. The maximum atomic E-state index is 12.5. The normalized spacial score (nSPS) is 21.0. The molecule has 1 aromatic heterocycles. The molecule has 0 aromatic carbocycles. The van der Waals surface area contributed by atoms with Crippen LogP contribution in [0.4, 0.5) is 5.69 Å². The molecule has 1 saturated heterocycles. The number of Topliss-reactive ketones (excluding diaryl/α,β-unsaturated/α-hetero) is 1. The number of anilines is 1. The van der Waals surface area contributed by atoms with Crippen molar-refractivity contribution in [2.24, 2.45) is 17.3 Å². The Kier molecular flexibility index (Phi) is 6.51. The second kappa shape index (κ2) is 8.85. The van der Waals surface area contributed by atoms with E-state index in [2.05, 4.69) is 27.3 Å². The van der Waals surface area contributed by atoms with E-state index >= 15 is 0 Å². The van der Waals surface area contributed by atoms with Crippen LogP contribution in [0.2, 0.25) is 0 Å². The number of nitrogens with one attached hydrogen (secondary N) is 1. The van der Waals surface area contributed by atoms with Gasteiger partial charge in [0.2, 0.25) is 5.91 Å². The Morgan fingerprint density at radius 3 is 2.41 bits per heavy atom. The molecule has 2 aliphatic rings. The standard InChI is InChI=1S/C22H33N3O2/c1-17(15-18(2)26)16-24-21(27)19-3-7-22(8-4-19)9-13-25(14-10-22)20-5-11-23-12-6-20/h5-6,11-12,17,19H,3-4,7-10,13-16H2,1-2H3,(H,24,27). The van der Waals surface area contributed by atoms with Crippen LogP contribution in [-0.2, 0) is 9.59 Å². The number of rotatable bonds is 6. The monoisotopic (exact) mass is 371 g/mol. The summed E-state index contributed by atoms with van der Waals surface area (Å²) in [6, 6.07) is 4.18. The summed E-state index contributed by atoms with van der Waals surface area (Å²) in [5, 5.41) is 3.07. The predicted molar refractivity (Wildman–Crippen MR) is 108 cm³/mol. The summed E-state index contributed by atoms with van der Waals surface area (Å²) in [6.45, 7) is 6.45. The van der Waals surface area contributed by atoms with Gasteiger partial charge in [0.1, 0.15) is 5.78 Å². The van der Waals surface area contributed by atoms with E-state index in [0.29, 0.717) is 18.4 Å². The first-order chi connectivity index (χ1) is 13.0. The van der Waals surface area contributed by atoms with Gasteiger partial charge >= 0.3 is 0 Å². The summed E-state index contributed by atoms with van der Waals surface area (Å²) in [7, 11) is 0. The lowest BCUT2D eigenvalue weighted by atomic mass is 9.65. The van der Waals surface area contributed by atoms with Crippen molar-refractivity contribution in [2.75, 3.05) is 24.5 Å². The third-order valence-corrected chi connectivity index (χ3v) is 6.53. The second-order valence-electron chi connectivity index (χ2n) is 8.72. The molecule has 148 valence electrons. The summed E-state index contributed by atoms with van der Waals surface area (Å²) in [6.07, 6.45) is 11.0. The molecule has 3 rings (SSSR count). The van der Waals surface area contributed by atoms with Gasteiger partial charge in [-0.25, -0.2) is 0 Å². The van der Waals surface area contributed by atoms with Crippen LogP contribution in [0, 0.1) is 17.3 Å². The van der Waals surface area contributed by atoms with Crippen LogP contribution in [0.3, 0.4) is 0 Å². The van der Waals surface area contributed by atoms with Crippen molar-refractivity contribution in [1.29, 1.82) is 0 Å². The van der Waals surface area contributed by atoms with Gasteiger partial charge in [-0.3, -0.25) is 9.78 Å². The van der Waals surface area contributed by atoms with Gasteiger partial charge in [0, 0.05) is 50.1 Å². The highest BCUT2D eigenvalue weighted by Gasteiger charge is 2.39. The fourth-order valence-corrected chi connectivity index (χ4v) is 4.77. The SMILES string of the molecule is CC(=O)CC(C)CNC(=O)C1CCC2(CC1)CCN(c1ccncc1)CC2. The van der Waals surface area contributed by atoms with Crippen molar-refractivity contribution >= 4 is 17.4 Å². The zero-order chi connectivity index (χ0) is 19.3. The van der Waals surface area contributed by atoms with Gasteiger partial charge in [-0.15, -0.1) is 0 Å². The van der Waals surface area contributed by atoms with E-state index in [9.17, 15) is 9.59 Å². The van der Waals surface area contributed by atoms with Gasteiger partial charge < -0.3 is 15.0 Å². The van der Waals surface area contributed by atoms with Crippen molar-refractivity contribution in [3.05, 3.63) is 24.5 Å². The molecule has 1 saturated carbocycles. The van der Waals surface area contributed by atoms with E-state index < -0.39 is 0 Å². The minimum Gasteiger partial charge on any atom is -0.371 e. The van der Waals surface area contributed by atoms with Crippen LogP contribution in [0.1, 0.15) is 58.8 Å². The van der Waals surface area contributed by atoms with Crippen molar-refractivity contribution < 1.29 is 9.59 Å². The van der Waals surface area contributed by atoms with Gasteiger partial charge in [-0.1, -0.05) is 6.92 Å². The first-order valence-corrected chi connectivity index (χ1v) is 10.4. The molecule has 5 heteroatoms. The number of nitrogens with zero attached hydrogens (tertiary/aromatic N) is 2. The van der Waals surface area contributed by atoms with Crippen LogP contribution in [0.15, 0.2) is 24.5 Å². The first kappa shape index (κ1) is 19.8. The average Bonchev–Trinajstić information content (AvgIpc) is 2.67. The van der Waals surface area contributed by atoms with Crippen molar-refractivity contribution in [2.45, 2.75) is 58.8 Å². The Hall–Kier alpha value is -1.91. The summed E-state index contributed by atoms with van der Waals surface area (Å²) in [4.78, 5) is 30.2. The molecule has 1 unspecified atom stereocenters. The number of carbonyl (C=O) groups excluding carboxylic acids is 2. The first-order valence-electron chi connectivity index (χ1n) is 10.4. The minimum absolute atomic E-state index is 0.151. The summed E-state index contributed by atoms with van der Waals surface area (Å²) >= 11 is 0. The molecule has 27 heavy (non-hydrogen) atoms. The molecule has 0 radical (unpaired) electrons. The smallest absolute Gasteiger partial charge is 0.223 e. The average molecular weight is 372 g/mol. The van der Waals surface area contributed by atoms with Crippen LogP contribution < -0.4 is 10.2 Å². The lowest BCUT2D eigenvalue weighted by Crippen LogP contribution is -2.44. The number of hydrogen-bond donors (Lipinski definition) is 1. The quantitative estimate of drug-likeness (QED) is 0.830. The fraction of sp³-hybridized carbons (Fsp3) is 0.682. The number of carbonyl (C=O) groups is 2. The number of pyridine rings is 1. The van der Waals surface area contributed by atoms with Crippen LogP contribution in [0.5, 0.6) is 0 Å². The van der Waals surface area contributed by atoms with E-state index in [1.807, 2.05) is 19.3 Å². The van der Waals surface area contributed by atoms with Crippen LogP contribution >= 0.6 is 0 Å². The van der Waals surface area contributed by atoms with E-state index in [-0.39, 0.29) is 23.5 Å². The van der Waals surface area contributed by atoms with Crippen LogP contribution in [0.25, 0.3) is 0 Å². The second-order valence-corrected chi connectivity index (χ2v) is 8.72. The highest BCUT2D eigenvalue weighted by Crippen LogP contribution is 2.46. The largest absolute Gasteiger partial charge is 0.371 e. The number of piperidine rings is 1. The highest BCUT2D eigenvalue weighted by molar-refractivity contribution is 5.79. The lowest BCUT2D eigenvalue weighted by Gasteiger charge is -2.46. The van der Waals surface area contributed by atoms with E-state index in [1.54, 1.807) is 6.92 Å². The van der Waals surface area contributed by atoms with Crippen molar-refractivity contribution in [3.63, 3.8) is 0 Å². The summed E-state index contributed by atoms with van der Waals surface area (Å²) in [5.41, 5.74) is 1.70. The molecule has 1 aliphatic carbocycles. The molecule has 0 bridgehead atoms. The molecule has 5 nitrogen and oxygen atoms in total. The maximum absolute atomic E-state index is 12.5. The van der Waals surface area contributed by atoms with Gasteiger partial charge in [0.25, 0.3) is 0 Å². The molecular weight excluding hydrogens is 338 g/mol. The zero-order valence-electron chi connectivity index (χ0n) is 16.7. The fourth-order valence-electron chi connectivity index (χ4n) is 4.77. The molecule has 1 atom stereocenters. The van der Waals surface area contributed by atoms with Crippen LogP contribution in [-0.4, -0.2) is 36.3 Å². The van der Waals surface area contributed by atoms with Gasteiger partial charge in [0.15, 0.2) is 0 Å². The number of aromatic nitrogens is 1. The van der Waals surface area contributed by atoms with E-state index in [4.69, 9.17) is 0 Å². The summed E-state index contributed by atoms with van der Waals surface area (Å²) in [5.74, 6) is 0.751. The minimum atomic E-state index is 0.151. The topological polar surface area (TPSA) is 62.3 Å². The molecular formula is C22H33N3O2. The molecule has 1 aliphatic heterocycles. The Bertz CT molecular complexity index is 628. The van der Waals surface area contributed by atoms with E-state index in [0.717, 1.165) is 38.8 Å². The third kappa shape index (κ3) is 5.30. The third-order valence-electron chi connectivity index (χ3n) is 6.53. The van der Waals surface area contributed by atoms with E-state index in [1.165, 1.54) is 18.5 Å². The predicted octanol–water partition coefficient (Wildman–Crippen LogP) is 3.59.